The molecular formula is C16H27N5O2. The number of amides is 1. The van der Waals surface area contributed by atoms with E-state index in [1.165, 1.54) is 0 Å². The Balaban J connectivity index is 1.84. The van der Waals surface area contributed by atoms with Crippen LogP contribution in [0.3, 0.4) is 0 Å². The molecule has 3 heterocycles. The van der Waals surface area contributed by atoms with E-state index in [1.54, 1.807) is 0 Å². The summed E-state index contributed by atoms with van der Waals surface area (Å²) >= 11 is 0. The summed E-state index contributed by atoms with van der Waals surface area (Å²) < 4.78 is 7.78. The standard InChI is InChI=1S/C16H27N5O2/c1-16(2,3)23-15(22)20-10-5-4-6-12(20)14-19-18-13-7-8-17-9-11-21(13)14/h12,17H,4-11H2,1-3H3/t12-/m1/s1. The maximum Gasteiger partial charge on any atom is 0.410 e. The van der Waals surface area contributed by atoms with E-state index in [9.17, 15) is 4.79 Å². The fraction of sp³-hybridized carbons (Fsp3) is 0.812. The Bertz CT molecular complexity index is 563. The third kappa shape index (κ3) is 3.65. The number of aromatic nitrogens is 3. The molecule has 1 fully saturated rings. The lowest BCUT2D eigenvalue weighted by atomic mass is 10.0. The van der Waals surface area contributed by atoms with Crippen LogP contribution >= 0.6 is 0 Å². The number of fused-ring (bicyclic) bond motifs is 1. The maximum absolute atomic E-state index is 12.6. The van der Waals surface area contributed by atoms with Crippen LogP contribution in [0.25, 0.3) is 0 Å². The lowest BCUT2D eigenvalue weighted by Gasteiger charge is -2.36. The third-order valence-electron chi connectivity index (χ3n) is 4.32. The molecule has 1 amide bonds. The molecule has 2 aliphatic heterocycles. The fourth-order valence-electron chi connectivity index (χ4n) is 3.28. The van der Waals surface area contributed by atoms with Gasteiger partial charge in [-0.25, -0.2) is 4.79 Å². The molecule has 0 aromatic carbocycles. The van der Waals surface area contributed by atoms with Crippen molar-refractivity contribution in [1.82, 2.24) is 25.0 Å². The summed E-state index contributed by atoms with van der Waals surface area (Å²) in [7, 11) is 0. The van der Waals surface area contributed by atoms with Crippen LogP contribution in [0.5, 0.6) is 0 Å². The quantitative estimate of drug-likeness (QED) is 0.855. The number of rotatable bonds is 1. The summed E-state index contributed by atoms with van der Waals surface area (Å²) in [5.74, 6) is 1.92. The van der Waals surface area contributed by atoms with Crippen molar-refractivity contribution in [3.05, 3.63) is 11.6 Å². The van der Waals surface area contributed by atoms with Crippen molar-refractivity contribution >= 4 is 6.09 Å². The summed E-state index contributed by atoms with van der Waals surface area (Å²) in [6.45, 7) is 9.13. The average molecular weight is 321 g/mol. The van der Waals surface area contributed by atoms with E-state index in [-0.39, 0.29) is 12.1 Å². The van der Waals surface area contributed by atoms with Gasteiger partial charge in [-0.3, -0.25) is 4.90 Å². The number of carbonyl (C=O) groups excluding carboxylic acids is 1. The third-order valence-corrected chi connectivity index (χ3v) is 4.32. The Morgan fingerprint density at radius 1 is 1.22 bits per heavy atom. The fourth-order valence-corrected chi connectivity index (χ4v) is 3.28. The summed E-state index contributed by atoms with van der Waals surface area (Å²) in [6.07, 6.45) is 3.67. The predicted octanol–water partition coefficient (Wildman–Crippen LogP) is 1.89. The lowest BCUT2D eigenvalue weighted by Crippen LogP contribution is -2.42. The molecule has 2 aliphatic rings. The van der Waals surface area contributed by atoms with Gasteiger partial charge in [0.15, 0.2) is 5.82 Å². The van der Waals surface area contributed by atoms with E-state index in [2.05, 4.69) is 20.1 Å². The van der Waals surface area contributed by atoms with Crippen molar-refractivity contribution in [3.63, 3.8) is 0 Å². The molecule has 128 valence electrons. The number of carbonyl (C=O) groups is 1. The first-order valence-electron chi connectivity index (χ1n) is 8.58. The summed E-state index contributed by atoms with van der Waals surface area (Å²) in [4.78, 5) is 14.4. The lowest BCUT2D eigenvalue weighted by molar-refractivity contribution is 0.00798. The predicted molar refractivity (Wildman–Crippen MR) is 86.1 cm³/mol. The number of hydrogen-bond acceptors (Lipinski definition) is 5. The van der Waals surface area contributed by atoms with E-state index >= 15 is 0 Å². The number of nitrogens with one attached hydrogen (secondary N) is 1. The van der Waals surface area contributed by atoms with Gasteiger partial charge in [-0.1, -0.05) is 0 Å². The molecule has 23 heavy (non-hydrogen) atoms. The minimum atomic E-state index is -0.481. The SMILES string of the molecule is CC(C)(C)OC(=O)N1CCCC[C@@H]1c1nnc2n1CCNCC2. The van der Waals surface area contributed by atoms with Crippen molar-refractivity contribution in [3.8, 4) is 0 Å². The Morgan fingerprint density at radius 2 is 2.04 bits per heavy atom. The van der Waals surface area contributed by atoms with E-state index in [0.717, 1.165) is 63.5 Å². The largest absolute Gasteiger partial charge is 0.444 e. The number of ether oxygens (including phenoxy) is 1. The Hall–Kier alpha value is -1.63. The highest BCUT2D eigenvalue weighted by atomic mass is 16.6. The van der Waals surface area contributed by atoms with E-state index in [1.807, 2.05) is 25.7 Å². The van der Waals surface area contributed by atoms with Crippen LogP contribution in [-0.2, 0) is 17.7 Å². The molecule has 0 radical (unpaired) electrons. The van der Waals surface area contributed by atoms with Crippen LogP contribution < -0.4 is 5.32 Å². The van der Waals surface area contributed by atoms with Crippen molar-refractivity contribution in [2.75, 3.05) is 19.6 Å². The van der Waals surface area contributed by atoms with Gasteiger partial charge >= 0.3 is 6.09 Å². The maximum atomic E-state index is 12.6. The highest BCUT2D eigenvalue weighted by Crippen LogP contribution is 2.31. The van der Waals surface area contributed by atoms with Gasteiger partial charge in [0.2, 0.25) is 0 Å². The molecule has 1 aromatic heterocycles. The zero-order chi connectivity index (χ0) is 16.4. The van der Waals surface area contributed by atoms with E-state index < -0.39 is 5.60 Å². The van der Waals surface area contributed by atoms with Crippen LogP contribution in [0, 0.1) is 0 Å². The van der Waals surface area contributed by atoms with Gasteiger partial charge in [-0.15, -0.1) is 10.2 Å². The number of likely N-dealkylation sites (tertiary alicyclic amines) is 1. The first-order valence-corrected chi connectivity index (χ1v) is 8.58. The average Bonchev–Trinajstić information content (AvgIpc) is 2.74. The molecule has 0 saturated carbocycles. The molecule has 0 spiro atoms. The molecule has 0 bridgehead atoms. The molecule has 1 atom stereocenters. The van der Waals surface area contributed by atoms with Gasteiger partial charge in [0.25, 0.3) is 0 Å². The first kappa shape index (κ1) is 16.2. The van der Waals surface area contributed by atoms with Crippen molar-refractivity contribution in [1.29, 1.82) is 0 Å². The van der Waals surface area contributed by atoms with Crippen LogP contribution in [-0.4, -0.2) is 51.0 Å². The highest BCUT2D eigenvalue weighted by molar-refractivity contribution is 5.68. The zero-order valence-corrected chi connectivity index (χ0v) is 14.3. The second kappa shape index (κ2) is 6.47. The van der Waals surface area contributed by atoms with Crippen molar-refractivity contribution in [2.45, 2.75) is 64.6 Å². The van der Waals surface area contributed by atoms with Crippen LogP contribution in [0.1, 0.15) is 57.7 Å². The minimum absolute atomic E-state index is 0.0297. The second-order valence-electron chi connectivity index (χ2n) is 7.31. The van der Waals surface area contributed by atoms with E-state index in [4.69, 9.17) is 4.74 Å². The van der Waals surface area contributed by atoms with Crippen LogP contribution in [0.4, 0.5) is 4.79 Å². The summed E-state index contributed by atoms with van der Waals surface area (Å²) in [6, 6.07) is -0.0297. The minimum Gasteiger partial charge on any atom is -0.444 e. The number of piperidine rings is 1. The Labute approximate surface area is 137 Å². The molecule has 7 heteroatoms. The number of hydrogen-bond donors (Lipinski definition) is 1. The Kier molecular flexibility index (Phi) is 4.57. The topological polar surface area (TPSA) is 72.3 Å². The normalized spacial score (nSPS) is 22.4. The highest BCUT2D eigenvalue weighted by Gasteiger charge is 2.35. The summed E-state index contributed by atoms with van der Waals surface area (Å²) in [5, 5.41) is 12.2. The van der Waals surface area contributed by atoms with Gasteiger partial charge < -0.3 is 14.6 Å². The second-order valence-corrected chi connectivity index (χ2v) is 7.31. The van der Waals surface area contributed by atoms with Gasteiger partial charge in [0.1, 0.15) is 11.4 Å². The first-order chi connectivity index (χ1) is 11.0. The monoisotopic (exact) mass is 321 g/mol. The smallest absolute Gasteiger partial charge is 0.410 e. The zero-order valence-electron chi connectivity index (χ0n) is 14.3. The van der Waals surface area contributed by atoms with Gasteiger partial charge in [-0.05, 0) is 40.0 Å². The molecule has 1 N–H and O–H groups in total. The van der Waals surface area contributed by atoms with Crippen LogP contribution in [0.2, 0.25) is 0 Å². The van der Waals surface area contributed by atoms with E-state index in [0.29, 0.717) is 0 Å². The van der Waals surface area contributed by atoms with Crippen LogP contribution in [0.15, 0.2) is 0 Å². The molecule has 0 aliphatic carbocycles. The molecule has 1 saturated heterocycles. The summed E-state index contributed by atoms with van der Waals surface area (Å²) in [5.41, 5.74) is -0.481. The molecular weight excluding hydrogens is 294 g/mol. The number of nitrogens with zero attached hydrogens (tertiary/aromatic N) is 4. The molecule has 7 nitrogen and oxygen atoms in total. The van der Waals surface area contributed by atoms with Gasteiger partial charge in [0, 0.05) is 32.6 Å². The van der Waals surface area contributed by atoms with Crippen molar-refractivity contribution < 1.29 is 9.53 Å². The Morgan fingerprint density at radius 3 is 2.83 bits per heavy atom. The molecule has 1 aromatic rings. The van der Waals surface area contributed by atoms with Gasteiger partial charge in [0.05, 0.1) is 6.04 Å². The van der Waals surface area contributed by atoms with Gasteiger partial charge in [-0.2, -0.15) is 0 Å². The van der Waals surface area contributed by atoms with Crippen molar-refractivity contribution in [2.24, 2.45) is 0 Å². The molecule has 3 rings (SSSR count). The molecule has 0 unspecified atom stereocenters.